The molecule has 0 aliphatic carbocycles. The summed E-state index contributed by atoms with van der Waals surface area (Å²) < 4.78 is 14.8. The summed E-state index contributed by atoms with van der Waals surface area (Å²) in [4.78, 5) is 9.30. The van der Waals surface area contributed by atoms with Gasteiger partial charge in [-0.2, -0.15) is 0 Å². The van der Waals surface area contributed by atoms with Crippen LogP contribution in [0.1, 0.15) is 5.56 Å². The van der Waals surface area contributed by atoms with E-state index < -0.39 is 11.0 Å². The number of benzene rings is 1. The Morgan fingerprint density at radius 2 is 1.88 bits per heavy atom. The minimum atomic E-state index is -1.42. The number of rotatable bonds is 3. The second kappa shape index (κ2) is 6.43. The molecule has 4 nitrogen and oxygen atoms in total. The standard InChI is InChI=1S/C19H14ClN3OS/c1-13-4-6-15(7-5-13)25(24)23-12-16(14-3-2-9-21-11-14)18-17(20)8-10-22-19(18)23/h2-12H,1H3. The molecule has 0 fully saturated rings. The summed E-state index contributed by atoms with van der Waals surface area (Å²) in [5, 5.41) is 1.35. The van der Waals surface area contributed by atoms with Crippen molar-refractivity contribution in [1.82, 2.24) is 13.9 Å². The van der Waals surface area contributed by atoms with Gasteiger partial charge >= 0.3 is 0 Å². The highest BCUT2D eigenvalue weighted by Gasteiger charge is 2.18. The average molecular weight is 368 g/mol. The van der Waals surface area contributed by atoms with E-state index in [2.05, 4.69) is 9.97 Å². The Hall–Kier alpha value is -2.50. The van der Waals surface area contributed by atoms with Crippen molar-refractivity contribution in [3.8, 4) is 11.1 Å². The number of aromatic nitrogens is 3. The first kappa shape index (κ1) is 16.0. The Bertz CT molecular complexity index is 1080. The lowest BCUT2D eigenvalue weighted by atomic mass is 10.1. The highest BCUT2D eigenvalue weighted by atomic mass is 35.5. The van der Waals surface area contributed by atoms with Gasteiger partial charge in [0.1, 0.15) is 0 Å². The maximum Gasteiger partial charge on any atom is 0.158 e. The van der Waals surface area contributed by atoms with E-state index in [1.54, 1.807) is 28.6 Å². The van der Waals surface area contributed by atoms with E-state index in [0.717, 1.165) is 22.1 Å². The zero-order valence-electron chi connectivity index (χ0n) is 13.4. The number of aryl methyl sites for hydroxylation is 1. The zero-order valence-corrected chi connectivity index (χ0v) is 15.0. The molecular weight excluding hydrogens is 354 g/mol. The van der Waals surface area contributed by atoms with Crippen LogP contribution >= 0.6 is 11.6 Å². The van der Waals surface area contributed by atoms with Crippen LogP contribution in [-0.4, -0.2) is 18.1 Å². The van der Waals surface area contributed by atoms with Crippen LogP contribution in [-0.2, 0) is 11.0 Å². The molecule has 0 amide bonds. The van der Waals surface area contributed by atoms with Crippen LogP contribution in [0, 0.1) is 6.92 Å². The normalized spacial score (nSPS) is 12.4. The molecule has 4 aromatic rings. The van der Waals surface area contributed by atoms with Crippen LogP contribution in [0.2, 0.25) is 5.02 Å². The van der Waals surface area contributed by atoms with Gasteiger partial charge in [0.25, 0.3) is 0 Å². The lowest BCUT2D eigenvalue weighted by Crippen LogP contribution is -2.04. The quantitative estimate of drug-likeness (QED) is 0.530. The summed E-state index contributed by atoms with van der Waals surface area (Å²) in [6.45, 7) is 2.00. The van der Waals surface area contributed by atoms with Crippen molar-refractivity contribution >= 4 is 33.6 Å². The first-order valence-corrected chi connectivity index (χ1v) is 9.18. The van der Waals surface area contributed by atoms with Crippen LogP contribution < -0.4 is 0 Å². The highest BCUT2D eigenvalue weighted by Crippen LogP contribution is 2.35. The first-order valence-electron chi connectivity index (χ1n) is 7.70. The van der Waals surface area contributed by atoms with Gasteiger partial charge in [0.2, 0.25) is 0 Å². The summed E-state index contributed by atoms with van der Waals surface area (Å²) >= 11 is 6.42. The molecule has 0 N–H and O–H groups in total. The molecule has 0 saturated carbocycles. The molecule has 0 radical (unpaired) electrons. The number of halogens is 1. The molecule has 1 atom stereocenters. The SMILES string of the molecule is Cc1ccc(S(=O)n2cc(-c3cccnc3)c3c(Cl)ccnc32)cc1. The minimum absolute atomic E-state index is 0.573. The predicted octanol–water partition coefficient (Wildman–Crippen LogP) is 4.63. The molecule has 25 heavy (non-hydrogen) atoms. The maximum atomic E-state index is 13.1. The van der Waals surface area contributed by atoms with Gasteiger partial charge in [0.15, 0.2) is 16.6 Å². The van der Waals surface area contributed by atoms with Crippen molar-refractivity contribution < 1.29 is 4.21 Å². The van der Waals surface area contributed by atoms with Crippen LogP contribution in [0.25, 0.3) is 22.2 Å². The summed E-state index contributed by atoms with van der Waals surface area (Å²) in [7, 11) is -1.42. The fourth-order valence-electron chi connectivity index (χ4n) is 2.72. The van der Waals surface area contributed by atoms with Gasteiger partial charge in [0, 0.05) is 41.3 Å². The molecule has 0 saturated heterocycles. The van der Waals surface area contributed by atoms with E-state index in [0.29, 0.717) is 15.6 Å². The van der Waals surface area contributed by atoms with Crippen LogP contribution in [0.4, 0.5) is 0 Å². The third-order valence-electron chi connectivity index (χ3n) is 3.98. The molecule has 0 aliphatic rings. The van der Waals surface area contributed by atoms with Gasteiger partial charge in [-0.15, -0.1) is 0 Å². The molecule has 1 aromatic carbocycles. The average Bonchev–Trinajstić information content (AvgIpc) is 3.03. The monoisotopic (exact) mass is 367 g/mol. The Morgan fingerprint density at radius 1 is 1.08 bits per heavy atom. The van der Waals surface area contributed by atoms with E-state index in [1.165, 1.54) is 0 Å². The van der Waals surface area contributed by atoms with Gasteiger partial charge in [-0.05, 0) is 31.2 Å². The highest BCUT2D eigenvalue weighted by molar-refractivity contribution is 7.83. The van der Waals surface area contributed by atoms with Crippen molar-refractivity contribution in [2.75, 3.05) is 0 Å². The first-order chi connectivity index (χ1) is 12.1. The number of hydrogen-bond acceptors (Lipinski definition) is 3. The number of fused-ring (bicyclic) bond motifs is 1. The summed E-state index contributed by atoms with van der Waals surface area (Å²) in [5.74, 6) is 0. The lowest BCUT2D eigenvalue weighted by molar-refractivity contribution is 0.678. The molecule has 3 heterocycles. The van der Waals surface area contributed by atoms with Gasteiger partial charge < -0.3 is 0 Å². The van der Waals surface area contributed by atoms with Crippen LogP contribution in [0.5, 0.6) is 0 Å². The maximum absolute atomic E-state index is 13.1. The van der Waals surface area contributed by atoms with Gasteiger partial charge in [-0.1, -0.05) is 35.4 Å². The molecule has 0 bridgehead atoms. The third-order valence-corrected chi connectivity index (χ3v) is 5.60. The largest absolute Gasteiger partial charge is 0.264 e. The summed E-state index contributed by atoms with van der Waals surface area (Å²) in [6, 6.07) is 13.2. The van der Waals surface area contributed by atoms with Crippen molar-refractivity contribution in [3.63, 3.8) is 0 Å². The Kier molecular flexibility index (Phi) is 4.11. The lowest BCUT2D eigenvalue weighted by Gasteiger charge is -2.05. The van der Waals surface area contributed by atoms with Gasteiger partial charge in [-0.25, -0.2) is 13.2 Å². The van der Waals surface area contributed by atoms with E-state index in [1.807, 2.05) is 49.5 Å². The van der Waals surface area contributed by atoms with Crippen molar-refractivity contribution in [1.29, 1.82) is 0 Å². The molecule has 4 rings (SSSR count). The van der Waals surface area contributed by atoms with E-state index in [-0.39, 0.29) is 0 Å². The van der Waals surface area contributed by atoms with E-state index in [4.69, 9.17) is 11.6 Å². The fraction of sp³-hybridized carbons (Fsp3) is 0.0526. The van der Waals surface area contributed by atoms with Crippen molar-refractivity contribution in [2.45, 2.75) is 11.8 Å². The summed E-state index contributed by atoms with van der Waals surface area (Å²) in [6.07, 6.45) is 6.93. The minimum Gasteiger partial charge on any atom is -0.264 e. The van der Waals surface area contributed by atoms with E-state index in [9.17, 15) is 4.21 Å². The fourth-order valence-corrected chi connectivity index (χ4v) is 4.06. The second-order valence-corrected chi connectivity index (χ2v) is 7.43. The Balaban J connectivity index is 1.95. The number of pyridine rings is 2. The van der Waals surface area contributed by atoms with Crippen LogP contribution in [0.15, 0.2) is 72.1 Å². The van der Waals surface area contributed by atoms with Crippen molar-refractivity contribution in [3.05, 3.63) is 77.8 Å². The topological polar surface area (TPSA) is 47.8 Å². The second-order valence-electron chi connectivity index (χ2n) is 5.66. The number of nitrogens with zero attached hydrogens (tertiary/aromatic N) is 3. The van der Waals surface area contributed by atoms with E-state index >= 15 is 0 Å². The number of hydrogen-bond donors (Lipinski definition) is 0. The predicted molar refractivity (Wildman–Crippen MR) is 101 cm³/mol. The van der Waals surface area contributed by atoms with Crippen LogP contribution in [0.3, 0.4) is 0 Å². The molecule has 6 heteroatoms. The van der Waals surface area contributed by atoms with Gasteiger partial charge in [-0.3, -0.25) is 4.98 Å². The molecule has 1 unspecified atom stereocenters. The zero-order chi connectivity index (χ0) is 17.4. The third kappa shape index (κ3) is 2.86. The van der Waals surface area contributed by atoms with Gasteiger partial charge in [0.05, 0.1) is 9.92 Å². The Labute approximate surface area is 152 Å². The molecule has 0 spiro atoms. The summed E-state index contributed by atoms with van der Waals surface area (Å²) in [5.41, 5.74) is 3.48. The smallest absolute Gasteiger partial charge is 0.158 e. The van der Waals surface area contributed by atoms with Crippen molar-refractivity contribution in [2.24, 2.45) is 0 Å². The molecular formula is C19H14ClN3OS. The molecule has 0 aliphatic heterocycles. The Morgan fingerprint density at radius 3 is 2.60 bits per heavy atom. The molecule has 3 aromatic heterocycles. The molecule has 124 valence electrons.